The van der Waals surface area contributed by atoms with Crippen LogP contribution in [0.2, 0.25) is 0 Å². The van der Waals surface area contributed by atoms with E-state index >= 15 is 0 Å². The average molecular weight is 298 g/mol. The number of amides is 1. The highest BCUT2D eigenvalue weighted by atomic mass is 19.1. The molecule has 1 amide bonds. The fourth-order valence-electron chi connectivity index (χ4n) is 1.72. The molecule has 0 aromatic heterocycles. The number of methoxy groups -OCH3 is 1. The molecule has 6 nitrogen and oxygen atoms in total. The van der Waals surface area contributed by atoms with Crippen LogP contribution in [0.4, 0.5) is 10.1 Å². The van der Waals surface area contributed by atoms with Crippen LogP contribution < -0.4 is 5.73 Å². The Balaban J connectivity index is 2.90. The summed E-state index contributed by atoms with van der Waals surface area (Å²) < 4.78 is 22.8. The van der Waals surface area contributed by atoms with E-state index in [4.69, 9.17) is 15.2 Å². The molecule has 0 saturated carbocycles. The largest absolute Gasteiger partial charge is 0.465 e. The first-order valence-electron chi connectivity index (χ1n) is 6.48. The Hall–Kier alpha value is -2.15. The summed E-state index contributed by atoms with van der Waals surface area (Å²) in [5.74, 6) is -1.53. The normalized spacial score (nSPS) is 10.2. The number of halogens is 1. The SMILES string of the molecule is CCOC(=O)CN(CCOC)C(=O)c1ccc(F)cc1N. The van der Waals surface area contributed by atoms with Crippen LogP contribution in [-0.4, -0.2) is 50.2 Å². The minimum absolute atomic E-state index is 0.0197. The van der Waals surface area contributed by atoms with E-state index in [9.17, 15) is 14.0 Å². The quantitative estimate of drug-likeness (QED) is 0.601. The monoisotopic (exact) mass is 298 g/mol. The Morgan fingerprint density at radius 1 is 1.38 bits per heavy atom. The first-order chi connectivity index (χ1) is 9.99. The maximum Gasteiger partial charge on any atom is 0.325 e. The number of hydrogen-bond donors (Lipinski definition) is 1. The Kier molecular flexibility index (Phi) is 6.61. The number of carbonyl (C=O) groups excluding carboxylic acids is 2. The van der Waals surface area contributed by atoms with Crippen molar-refractivity contribution in [1.29, 1.82) is 0 Å². The molecule has 0 aliphatic heterocycles. The molecule has 0 aliphatic rings. The fraction of sp³-hybridized carbons (Fsp3) is 0.429. The molecular formula is C14H19FN2O4. The molecule has 21 heavy (non-hydrogen) atoms. The maximum absolute atomic E-state index is 13.0. The van der Waals surface area contributed by atoms with Gasteiger partial charge in [-0.3, -0.25) is 9.59 Å². The summed E-state index contributed by atoms with van der Waals surface area (Å²) in [5, 5.41) is 0. The van der Waals surface area contributed by atoms with Gasteiger partial charge in [0.25, 0.3) is 5.91 Å². The van der Waals surface area contributed by atoms with Crippen LogP contribution in [0.25, 0.3) is 0 Å². The van der Waals surface area contributed by atoms with E-state index in [2.05, 4.69) is 0 Å². The van der Waals surface area contributed by atoms with Gasteiger partial charge in [0, 0.05) is 19.3 Å². The first kappa shape index (κ1) is 16.9. The van der Waals surface area contributed by atoms with Crippen LogP contribution in [-0.2, 0) is 14.3 Å². The molecule has 116 valence electrons. The number of rotatable bonds is 7. The van der Waals surface area contributed by atoms with Gasteiger partial charge in [0.15, 0.2) is 0 Å². The predicted molar refractivity (Wildman–Crippen MR) is 75.2 cm³/mol. The second kappa shape index (κ2) is 8.21. The van der Waals surface area contributed by atoms with Gasteiger partial charge in [0.1, 0.15) is 12.4 Å². The molecule has 0 fully saturated rings. The van der Waals surface area contributed by atoms with Crippen molar-refractivity contribution in [3.05, 3.63) is 29.6 Å². The van der Waals surface area contributed by atoms with Gasteiger partial charge >= 0.3 is 5.97 Å². The van der Waals surface area contributed by atoms with Gasteiger partial charge in [-0.15, -0.1) is 0 Å². The summed E-state index contributed by atoms with van der Waals surface area (Å²) in [6.45, 7) is 2.14. The van der Waals surface area contributed by atoms with Gasteiger partial charge in [-0.2, -0.15) is 0 Å². The van der Waals surface area contributed by atoms with E-state index < -0.39 is 17.7 Å². The van der Waals surface area contributed by atoms with Gasteiger partial charge in [-0.25, -0.2) is 4.39 Å². The molecule has 0 atom stereocenters. The number of anilines is 1. The molecule has 0 heterocycles. The lowest BCUT2D eigenvalue weighted by atomic mass is 10.1. The van der Waals surface area contributed by atoms with Crippen molar-refractivity contribution in [3.63, 3.8) is 0 Å². The van der Waals surface area contributed by atoms with Gasteiger partial charge in [0.05, 0.1) is 18.8 Å². The van der Waals surface area contributed by atoms with Crippen molar-refractivity contribution >= 4 is 17.6 Å². The number of ether oxygens (including phenoxy) is 2. The van der Waals surface area contributed by atoms with Crippen molar-refractivity contribution in [2.24, 2.45) is 0 Å². The molecule has 2 N–H and O–H groups in total. The highest BCUT2D eigenvalue weighted by Gasteiger charge is 2.21. The molecule has 1 rings (SSSR count). The van der Waals surface area contributed by atoms with Crippen LogP contribution in [0.15, 0.2) is 18.2 Å². The molecule has 0 radical (unpaired) electrons. The minimum Gasteiger partial charge on any atom is -0.465 e. The molecule has 1 aromatic rings. The number of nitrogens with zero attached hydrogens (tertiary/aromatic N) is 1. The summed E-state index contributed by atoms with van der Waals surface area (Å²) in [7, 11) is 1.49. The minimum atomic E-state index is -0.530. The van der Waals surface area contributed by atoms with Crippen LogP contribution >= 0.6 is 0 Å². The smallest absolute Gasteiger partial charge is 0.325 e. The van der Waals surface area contributed by atoms with E-state index in [1.54, 1.807) is 6.92 Å². The molecule has 0 saturated heterocycles. The summed E-state index contributed by atoms with van der Waals surface area (Å²) in [4.78, 5) is 25.2. The van der Waals surface area contributed by atoms with E-state index in [-0.39, 0.29) is 37.6 Å². The predicted octanol–water partition coefficient (Wildman–Crippen LogP) is 1.06. The summed E-state index contributed by atoms with van der Waals surface area (Å²) in [6.07, 6.45) is 0. The van der Waals surface area contributed by atoms with Crippen LogP contribution in [0.5, 0.6) is 0 Å². The lowest BCUT2D eigenvalue weighted by molar-refractivity contribution is -0.143. The lowest BCUT2D eigenvalue weighted by Gasteiger charge is -2.22. The Labute approximate surface area is 122 Å². The first-order valence-corrected chi connectivity index (χ1v) is 6.48. The third-order valence-corrected chi connectivity index (χ3v) is 2.72. The topological polar surface area (TPSA) is 81.9 Å². The molecular weight excluding hydrogens is 279 g/mol. The summed E-state index contributed by atoms with van der Waals surface area (Å²) in [6, 6.07) is 3.49. The van der Waals surface area contributed by atoms with Gasteiger partial charge in [-0.05, 0) is 25.1 Å². The van der Waals surface area contributed by atoms with Crippen molar-refractivity contribution in [2.45, 2.75) is 6.92 Å². The Bertz CT molecular complexity index is 508. The molecule has 1 aromatic carbocycles. The number of esters is 1. The van der Waals surface area contributed by atoms with Gasteiger partial charge < -0.3 is 20.1 Å². The van der Waals surface area contributed by atoms with Crippen molar-refractivity contribution in [3.8, 4) is 0 Å². The fourth-order valence-corrected chi connectivity index (χ4v) is 1.72. The number of benzene rings is 1. The Morgan fingerprint density at radius 2 is 2.10 bits per heavy atom. The average Bonchev–Trinajstić information content (AvgIpc) is 2.43. The van der Waals surface area contributed by atoms with Crippen LogP contribution in [0, 0.1) is 5.82 Å². The molecule has 0 spiro atoms. The second-order valence-electron chi connectivity index (χ2n) is 4.26. The van der Waals surface area contributed by atoms with Crippen molar-refractivity contribution < 1.29 is 23.5 Å². The van der Waals surface area contributed by atoms with Gasteiger partial charge in [0.2, 0.25) is 0 Å². The lowest BCUT2D eigenvalue weighted by Crippen LogP contribution is -2.39. The van der Waals surface area contributed by atoms with E-state index in [1.807, 2.05) is 0 Å². The zero-order chi connectivity index (χ0) is 15.8. The van der Waals surface area contributed by atoms with E-state index in [0.29, 0.717) is 0 Å². The highest BCUT2D eigenvalue weighted by molar-refractivity contribution is 6.00. The number of nitrogen functional groups attached to an aromatic ring is 1. The third kappa shape index (κ3) is 5.03. The molecule has 0 bridgehead atoms. The summed E-state index contributed by atoms with van der Waals surface area (Å²) in [5.41, 5.74) is 5.80. The van der Waals surface area contributed by atoms with Crippen molar-refractivity contribution in [2.75, 3.05) is 39.1 Å². The molecule has 0 aliphatic carbocycles. The summed E-state index contributed by atoms with van der Waals surface area (Å²) >= 11 is 0. The van der Waals surface area contributed by atoms with Crippen molar-refractivity contribution in [1.82, 2.24) is 4.90 Å². The number of carbonyl (C=O) groups is 2. The maximum atomic E-state index is 13.0. The number of nitrogens with two attached hydrogens (primary N) is 1. The number of hydrogen-bond acceptors (Lipinski definition) is 5. The highest BCUT2D eigenvalue weighted by Crippen LogP contribution is 2.16. The second-order valence-corrected chi connectivity index (χ2v) is 4.26. The van der Waals surface area contributed by atoms with Gasteiger partial charge in [-0.1, -0.05) is 0 Å². The van der Waals surface area contributed by atoms with Crippen LogP contribution in [0.1, 0.15) is 17.3 Å². The molecule has 7 heteroatoms. The van der Waals surface area contributed by atoms with E-state index in [0.717, 1.165) is 12.1 Å². The third-order valence-electron chi connectivity index (χ3n) is 2.72. The standard InChI is InChI=1S/C14H19FN2O4/c1-3-21-13(18)9-17(6-7-20-2)14(19)11-5-4-10(15)8-12(11)16/h4-5,8H,3,6-7,9,16H2,1-2H3. The zero-order valence-electron chi connectivity index (χ0n) is 12.1. The molecule has 0 unspecified atom stereocenters. The zero-order valence-corrected chi connectivity index (χ0v) is 12.1. The van der Waals surface area contributed by atoms with Crippen LogP contribution in [0.3, 0.4) is 0 Å². The van der Waals surface area contributed by atoms with E-state index in [1.165, 1.54) is 18.1 Å². The Morgan fingerprint density at radius 3 is 2.67 bits per heavy atom.